The molecule has 1 heterocycles. The van der Waals surface area contributed by atoms with Crippen molar-refractivity contribution in [2.45, 2.75) is 25.6 Å². The van der Waals surface area contributed by atoms with Crippen LogP contribution in [0.1, 0.15) is 25.0 Å². The first kappa shape index (κ1) is 14.0. The van der Waals surface area contributed by atoms with E-state index in [1.165, 1.54) is 11.1 Å². The summed E-state index contributed by atoms with van der Waals surface area (Å²) in [5.41, 5.74) is 2.43. The molecule has 1 unspecified atom stereocenters. The van der Waals surface area contributed by atoms with Gasteiger partial charge in [0.15, 0.2) is 0 Å². The molecule has 0 amide bonds. The first-order valence-corrected chi connectivity index (χ1v) is 7.13. The van der Waals surface area contributed by atoms with Crippen LogP contribution in [0.25, 0.3) is 0 Å². The van der Waals surface area contributed by atoms with E-state index in [4.69, 9.17) is 14.2 Å². The van der Waals surface area contributed by atoms with Crippen LogP contribution in [0.4, 0.5) is 0 Å². The van der Waals surface area contributed by atoms with E-state index < -0.39 is 0 Å². The summed E-state index contributed by atoms with van der Waals surface area (Å²) < 4.78 is 15.9. The van der Waals surface area contributed by atoms with Gasteiger partial charge < -0.3 is 14.2 Å². The lowest BCUT2D eigenvalue weighted by atomic mass is 9.78. The van der Waals surface area contributed by atoms with Crippen LogP contribution in [0.15, 0.2) is 48.5 Å². The molecule has 3 heteroatoms. The molecule has 1 aliphatic heterocycles. The minimum Gasteiger partial charge on any atom is -0.497 e. The highest BCUT2D eigenvalue weighted by Gasteiger charge is 2.26. The van der Waals surface area contributed by atoms with Gasteiger partial charge in [-0.15, -0.1) is 0 Å². The molecule has 1 fully saturated rings. The Morgan fingerprint density at radius 1 is 0.905 bits per heavy atom. The van der Waals surface area contributed by atoms with Crippen molar-refractivity contribution >= 4 is 0 Å². The Morgan fingerprint density at radius 3 is 1.81 bits per heavy atom. The summed E-state index contributed by atoms with van der Waals surface area (Å²) in [6, 6.07) is 16.5. The summed E-state index contributed by atoms with van der Waals surface area (Å²) in [6.07, 6.45) is -0.0505. The van der Waals surface area contributed by atoms with Gasteiger partial charge in [-0.2, -0.15) is 0 Å². The number of ether oxygens (including phenoxy) is 3. The molecule has 0 aliphatic carbocycles. The molecule has 2 aromatic carbocycles. The molecule has 0 N–H and O–H groups in total. The van der Waals surface area contributed by atoms with Gasteiger partial charge in [-0.1, -0.05) is 38.1 Å². The molecule has 0 spiro atoms. The van der Waals surface area contributed by atoms with Crippen molar-refractivity contribution in [3.05, 3.63) is 59.7 Å². The van der Waals surface area contributed by atoms with Crippen molar-refractivity contribution in [2.24, 2.45) is 0 Å². The number of methoxy groups -OCH3 is 1. The standard InChI is InChI=1S/C18H20O3/c1-18(2,13-4-8-15(19-3)9-5-13)14-6-10-16(11-7-14)21-17-12-20-17/h4-11,17H,12H2,1-3H3. The van der Waals surface area contributed by atoms with Crippen LogP contribution < -0.4 is 9.47 Å². The minimum absolute atomic E-state index is 0.0505. The van der Waals surface area contributed by atoms with Gasteiger partial charge in [-0.05, 0) is 35.4 Å². The summed E-state index contributed by atoms with van der Waals surface area (Å²) in [7, 11) is 1.68. The van der Waals surface area contributed by atoms with Gasteiger partial charge in [0.2, 0.25) is 6.29 Å². The summed E-state index contributed by atoms with van der Waals surface area (Å²) in [4.78, 5) is 0. The van der Waals surface area contributed by atoms with Crippen LogP contribution in [0.5, 0.6) is 11.5 Å². The van der Waals surface area contributed by atoms with E-state index in [1.807, 2.05) is 24.3 Å². The van der Waals surface area contributed by atoms with Gasteiger partial charge >= 0.3 is 0 Å². The largest absolute Gasteiger partial charge is 0.497 e. The number of epoxide rings is 1. The molecule has 0 radical (unpaired) electrons. The van der Waals surface area contributed by atoms with E-state index in [-0.39, 0.29) is 11.7 Å². The Balaban J connectivity index is 1.81. The van der Waals surface area contributed by atoms with E-state index in [0.717, 1.165) is 11.5 Å². The van der Waals surface area contributed by atoms with Gasteiger partial charge in [0.1, 0.15) is 18.1 Å². The van der Waals surface area contributed by atoms with Crippen molar-refractivity contribution in [3.8, 4) is 11.5 Å². The normalized spacial score (nSPS) is 17.4. The second kappa shape index (κ2) is 5.41. The fourth-order valence-electron chi connectivity index (χ4n) is 2.38. The van der Waals surface area contributed by atoms with Crippen molar-refractivity contribution in [2.75, 3.05) is 13.7 Å². The SMILES string of the molecule is COc1ccc(C(C)(C)c2ccc(OC3CO3)cc2)cc1. The highest BCUT2D eigenvalue weighted by Crippen LogP contribution is 2.33. The van der Waals surface area contributed by atoms with Crippen LogP contribution in [-0.4, -0.2) is 20.0 Å². The van der Waals surface area contributed by atoms with Crippen LogP contribution in [0.3, 0.4) is 0 Å². The zero-order valence-electron chi connectivity index (χ0n) is 12.6. The quantitative estimate of drug-likeness (QED) is 0.783. The van der Waals surface area contributed by atoms with E-state index >= 15 is 0 Å². The lowest BCUT2D eigenvalue weighted by Crippen LogP contribution is -2.18. The summed E-state index contributed by atoms with van der Waals surface area (Å²) in [5, 5.41) is 0. The van der Waals surface area contributed by atoms with Gasteiger partial charge in [-0.25, -0.2) is 0 Å². The van der Waals surface area contributed by atoms with Crippen LogP contribution >= 0.6 is 0 Å². The Bertz CT molecular complexity index is 595. The number of hydrogen-bond acceptors (Lipinski definition) is 3. The molecule has 0 bridgehead atoms. The Kier molecular flexibility index (Phi) is 3.60. The first-order chi connectivity index (χ1) is 10.1. The fraction of sp³-hybridized carbons (Fsp3) is 0.333. The third-order valence-corrected chi connectivity index (χ3v) is 3.96. The van der Waals surface area contributed by atoms with E-state index in [9.17, 15) is 0 Å². The Hall–Kier alpha value is -2.00. The average Bonchev–Trinajstić information content (AvgIpc) is 3.32. The maximum Gasteiger partial charge on any atom is 0.223 e. The lowest BCUT2D eigenvalue weighted by Gasteiger charge is -2.26. The molecule has 0 aromatic heterocycles. The van der Waals surface area contributed by atoms with Gasteiger partial charge in [0.25, 0.3) is 0 Å². The average molecular weight is 284 g/mol. The zero-order chi connectivity index (χ0) is 14.9. The van der Waals surface area contributed by atoms with Crippen molar-refractivity contribution in [3.63, 3.8) is 0 Å². The summed E-state index contributed by atoms with van der Waals surface area (Å²) in [6.45, 7) is 5.13. The molecular weight excluding hydrogens is 264 g/mol. The maximum atomic E-state index is 5.59. The first-order valence-electron chi connectivity index (χ1n) is 7.13. The molecule has 2 aromatic rings. The highest BCUT2D eigenvalue weighted by atomic mass is 16.8. The molecular formula is C18H20O3. The molecule has 1 aliphatic rings. The van der Waals surface area contributed by atoms with Gasteiger partial charge in [0.05, 0.1) is 7.11 Å². The Morgan fingerprint density at radius 2 is 1.38 bits per heavy atom. The Labute approximate surface area is 125 Å². The third kappa shape index (κ3) is 3.03. The summed E-state index contributed by atoms with van der Waals surface area (Å²) in [5.74, 6) is 1.73. The van der Waals surface area contributed by atoms with Crippen LogP contribution in [0.2, 0.25) is 0 Å². The van der Waals surface area contributed by atoms with Crippen LogP contribution in [0, 0.1) is 0 Å². The molecule has 110 valence electrons. The summed E-state index contributed by atoms with van der Waals surface area (Å²) >= 11 is 0. The van der Waals surface area contributed by atoms with Gasteiger partial charge in [-0.3, -0.25) is 0 Å². The van der Waals surface area contributed by atoms with E-state index in [2.05, 4.69) is 38.1 Å². The smallest absolute Gasteiger partial charge is 0.223 e. The molecule has 1 atom stereocenters. The molecule has 21 heavy (non-hydrogen) atoms. The third-order valence-electron chi connectivity index (χ3n) is 3.96. The number of benzene rings is 2. The molecule has 0 saturated carbocycles. The van der Waals surface area contributed by atoms with E-state index in [1.54, 1.807) is 7.11 Å². The number of rotatable bonds is 5. The monoisotopic (exact) mass is 284 g/mol. The van der Waals surface area contributed by atoms with Crippen LogP contribution in [-0.2, 0) is 10.2 Å². The topological polar surface area (TPSA) is 31.0 Å². The number of hydrogen-bond donors (Lipinski definition) is 0. The second-order valence-corrected chi connectivity index (χ2v) is 5.76. The van der Waals surface area contributed by atoms with Crippen molar-refractivity contribution < 1.29 is 14.2 Å². The highest BCUT2D eigenvalue weighted by molar-refractivity contribution is 5.41. The molecule has 3 nitrogen and oxygen atoms in total. The maximum absolute atomic E-state index is 5.59. The van der Waals surface area contributed by atoms with E-state index in [0.29, 0.717) is 6.61 Å². The lowest BCUT2D eigenvalue weighted by molar-refractivity contribution is 0.179. The van der Waals surface area contributed by atoms with Gasteiger partial charge in [0, 0.05) is 5.41 Å². The second-order valence-electron chi connectivity index (χ2n) is 5.76. The zero-order valence-corrected chi connectivity index (χ0v) is 12.6. The van der Waals surface area contributed by atoms with Crippen molar-refractivity contribution in [1.82, 2.24) is 0 Å². The molecule has 3 rings (SSSR count). The predicted octanol–water partition coefficient (Wildman–Crippen LogP) is 3.76. The predicted molar refractivity (Wildman–Crippen MR) is 81.9 cm³/mol. The fourth-order valence-corrected chi connectivity index (χ4v) is 2.38. The van der Waals surface area contributed by atoms with Crippen molar-refractivity contribution in [1.29, 1.82) is 0 Å². The minimum atomic E-state index is -0.0686. The molecule has 1 saturated heterocycles.